The third-order valence-electron chi connectivity index (χ3n) is 4.27. The number of likely N-dealkylation sites (N-methyl/N-ethyl adjacent to an activating group) is 1. The Morgan fingerprint density at radius 1 is 1.23 bits per heavy atom. The fourth-order valence-electron chi connectivity index (χ4n) is 2.74. The van der Waals surface area contributed by atoms with Gasteiger partial charge in [0.25, 0.3) is 5.91 Å². The second-order valence-corrected chi connectivity index (χ2v) is 7.67. The van der Waals surface area contributed by atoms with Crippen LogP contribution in [0.4, 0.5) is 0 Å². The van der Waals surface area contributed by atoms with Crippen molar-refractivity contribution in [2.75, 3.05) is 14.2 Å². The summed E-state index contributed by atoms with van der Waals surface area (Å²) in [6.07, 6.45) is 0.556. The molecule has 1 rings (SSSR count). The first-order valence-corrected chi connectivity index (χ1v) is 9.21. The van der Waals surface area contributed by atoms with Crippen LogP contribution in [-0.4, -0.2) is 48.0 Å². The van der Waals surface area contributed by atoms with Gasteiger partial charge in [0, 0.05) is 18.7 Å². The van der Waals surface area contributed by atoms with E-state index in [2.05, 4.69) is 23.3 Å². The molecule has 26 heavy (non-hydrogen) atoms. The van der Waals surface area contributed by atoms with E-state index in [1.165, 1.54) is 7.05 Å². The maximum atomic E-state index is 12.8. The summed E-state index contributed by atoms with van der Waals surface area (Å²) in [5.41, 5.74) is -0.783. The van der Waals surface area contributed by atoms with Crippen LogP contribution in [0.1, 0.15) is 32.8 Å². The monoisotopic (exact) mass is 382 g/mol. The molecule has 0 aromatic heterocycles. The van der Waals surface area contributed by atoms with Crippen LogP contribution in [0.15, 0.2) is 24.3 Å². The number of benzene rings is 1. The van der Waals surface area contributed by atoms with Crippen LogP contribution in [-0.2, 0) is 16.0 Å². The van der Waals surface area contributed by atoms with E-state index in [1.54, 1.807) is 26.2 Å². The second kappa shape index (κ2) is 9.83. The lowest BCUT2D eigenvalue weighted by Crippen LogP contribution is -2.58. The fraction of sp³-hybridized carbons (Fsp3) is 0.579. The molecule has 3 unspecified atom stereocenters. The number of rotatable bonds is 9. The van der Waals surface area contributed by atoms with Crippen molar-refractivity contribution < 1.29 is 19.4 Å². The number of nitrogens with one attached hydrogen (secondary N) is 2. The van der Waals surface area contributed by atoms with E-state index in [4.69, 9.17) is 4.74 Å². The molecule has 0 bridgehead atoms. The van der Waals surface area contributed by atoms with Crippen LogP contribution in [0.5, 0.6) is 5.75 Å². The largest absolute Gasteiger partial charge is 0.497 e. The minimum absolute atomic E-state index is 0.0976. The van der Waals surface area contributed by atoms with Crippen molar-refractivity contribution in [1.82, 2.24) is 10.6 Å². The Morgan fingerprint density at radius 3 is 2.23 bits per heavy atom. The number of carbonyl (C=O) groups is 2. The van der Waals surface area contributed by atoms with Gasteiger partial charge in [-0.3, -0.25) is 9.59 Å². The van der Waals surface area contributed by atoms with Crippen molar-refractivity contribution in [3.8, 4) is 5.75 Å². The molecular formula is C19H30N2O4S. The molecule has 3 N–H and O–H groups in total. The summed E-state index contributed by atoms with van der Waals surface area (Å²) in [5.74, 6) is -0.103. The van der Waals surface area contributed by atoms with Crippen molar-refractivity contribution in [3.63, 3.8) is 0 Å². The second-order valence-electron chi connectivity index (χ2n) is 6.89. The quantitative estimate of drug-likeness (QED) is 0.488. The Kier molecular flexibility index (Phi) is 8.43. The number of ether oxygens (including phenoxy) is 1. The van der Waals surface area contributed by atoms with Gasteiger partial charge in [-0.15, -0.1) is 0 Å². The summed E-state index contributed by atoms with van der Waals surface area (Å²) >= 11 is 4.29. The van der Waals surface area contributed by atoms with E-state index in [-0.39, 0.29) is 18.2 Å². The van der Waals surface area contributed by atoms with Gasteiger partial charge >= 0.3 is 0 Å². The van der Waals surface area contributed by atoms with Crippen molar-refractivity contribution in [3.05, 3.63) is 29.8 Å². The molecule has 0 heterocycles. The minimum atomic E-state index is -1.65. The Bertz CT molecular complexity index is 604. The lowest BCUT2D eigenvalue weighted by Gasteiger charge is -2.33. The topological polar surface area (TPSA) is 87.7 Å². The van der Waals surface area contributed by atoms with E-state index in [9.17, 15) is 14.7 Å². The number of hydrogen-bond acceptors (Lipinski definition) is 5. The summed E-state index contributed by atoms with van der Waals surface area (Å²) in [7, 11) is 3.09. The van der Waals surface area contributed by atoms with Gasteiger partial charge in [0.1, 0.15) is 11.8 Å². The predicted octanol–water partition coefficient (Wildman–Crippen LogP) is 1.56. The van der Waals surface area contributed by atoms with E-state index >= 15 is 0 Å². The predicted molar refractivity (Wildman–Crippen MR) is 106 cm³/mol. The lowest BCUT2D eigenvalue weighted by atomic mass is 9.88. The van der Waals surface area contributed by atoms with Crippen LogP contribution in [0.3, 0.4) is 0 Å². The smallest absolute Gasteiger partial charge is 0.253 e. The summed E-state index contributed by atoms with van der Waals surface area (Å²) in [6.45, 7) is 5.51. The molecule has 1 aromatic carbocycles. The maximum Gasteiger partial charge on any atom is 0.253 e. The molecule has 3 atom stereocenters. The van der Waals surface area contributed by atoms with Crippen LogP contribution >= 0.6 is 12.6 Å². The van der Waals surface area contributed by atoms with Crippen LogP contribution in [0, 0.1) is 5.92 Å². The molecule has 0 radical (unpaired) electrons. The number of aliphatic hydroxyl groups is 1. The first-order chi connectivity index (χ1) is 12.1. The van der Waals surface area contributed by atoms with Crippen LogP contribution in [0.25, 0.3) is 0 Å². The molecule has 0 aliphatic carbocycles. The van der Waals surface area contributed by atoms with Gasteiger partial charge in [0.15, 0.2) is 5.60 Å². The van der Waals surface area contributed by atoms with E-state index in [0.717, 1.165) is 5.56 Å². The zero-order chi connectivity index (χ0) is 19.9. The highest BCUT2D eigenvalue weighted by molar-refractivity contribution is 7.81. The average molecular weight is 383 g/mol. The van der Waals surface area contributed by atoms with Crippen molar-refractivity contribution >= 4 is 24.4 Å². The van der Waals surface area contributed by atoms with Gasteiger partial charge in [0.05, 0.1) is 7.11 Å². The van der Waals surface area contributed by atoms with Crippen molar-refractivity contribution in [2.45, 2.75) is 50.5 Å². The number of carbonyl (C=O) groups excluding carboxylic acids is 2. The van der Waals surface area contributed by atoms with Gasteiger partial charge in [-0.05, 0) is 30.0 Å². The minimum Gasteiger partial charge on any atom is -0.497 e. The van der Waals surface area contributed by atoms with E-state index < -0.39 is 22.8 Å². The Labute approximate surface area is 161 Å². The first kappa shape index (κ1) is 22.3. The molecular weight excluding hydrogens is 352 g/mol. The molecule has 7 heteroatoms. The van der Waals surface area contributed by atoms with E-state index in [1.807, 2.05) is 26.0 Å². The summed E-state index contributed by atoms with van der Waals surface area (Å²) < 4.78 is 5.12. The van der Waals surface area contributed by atoms with Gasteiger partial charge in [-0.2, -0.15) is 12.6 Å². The Hall–Kier alpha value is -1.73. The van der Waals surface area contributed by atoms with E-state index in [0.29, 0.717) is 12.2 Å². The highest BCUT2D eigenvalue weighted by atomic mass is 32.1. The highest BCUT2D eigenvalue weighted by Crippen LogP contribution is 2.25. The number of hydrogen-bond donors (Lipinski definition) is 4. The molecule has 146 valence electrons. The summed E-state index contributed by atoms with van der Waals surface area (Å²) in [6, 6.07) is 6.46. The first-order valence-electron chi connectivity index (χ1n) is 8.70. The third kappa shape index (κ3) is 5.92. The van der Waals surface area contributed by atoms with Gasteiger partial charge in [-0.1, -0.05) is 32.9 Å². The number of thiol groups is 1. The third-order valence-corrected chi connectivity index (χ3v) is 4.70. The number of methoxy groups -OCH3 is 1. The molecule has 0 aliphatic heterocycles. The molecule has 6 nitrogen and oxygen atoms in total. The SMILES string of the molecule is CNC(=O)C(Cc1ccc(OC)cc1)NC(=O)C(O)(CC(C)C)C(C)S. The molecule has 0 aliphatic rings. The van der Waals surface area contributed by atoms with Crippen LogP contribution < -0.4 is 15.4 Å². The van der Waals surface area contributed by atoms with Gasteiger partial charge in [-0.25, -0.2) is 0 Å². The normalized spacial score (nSPS) is 15.7. The van der Waals surface area contributed by atoms with Gasteiger partial charge < -0.3 is 20.5 Å². The molecule has 2 amide bonds. The molecule has 1 aromatic rings. The van der Waals surface area contributed by atoms with Crippen LogP contribution in [0.2, 0.25) is 0 Å². The molecule has 0 spiro atoms. The van der Waals surface area contributed by atoms with Gasteiger partial charge in [0.2, 0.25) is 5.91 Å². The maximum absolute atomic E-state index is 12.8. The lowest BCUT2D eigenvalue weighted by molar-refractivity contribution is -0.143. The van der Waals surface area contributed by atoms with Crippen molar-refractivity contribution in [1.29, 1.82) is 0 Å². The fourth-order valence-corrected chi connectivity index (χ4v) is 2.96. The average Bonchev–Trinajstić information content (AvgIpc) is 2.60. The molecule has 0 fully saturated rings. The molecule has 0 saturated carbocycles. The highest BCUT2D eigenvalue weighted by Gasteiger charge is 2.41. The van der Waals surface area contributed by atoms with Crippen molar-refractivity contribution in [2.24, 2.45) is 5.92 Å². The Balaban J connectivity index is 2.98. The number of amides is 2. The molecule has 0 saturated heterocycles. The summed E-state index contributed by atoms with van der Waals surface area (Å²) in [4.78, 5) is 25.0. The Morgan fingerprint density at radius 2 is 1.81 bits per heavy atom. The zero-order valence-corrected chi connectivity index (χ0v) is 17.0. The standard InChI is InChI=1S/C19H30N2O4S/c1-12(2)11-19(24,13(3)26)18(23)21-16(17(22)20-4)10-14-6-8-15(25-5)9-7-14/h6-9,12-13,16,24,26H,10-11H2,1-5H3,(H,20,22)(H,21,23). The zero-order valence-electron chi connectivity index (χ0n) is 16.1. The summed E-state index contributed by atoms with van der Waals surface area (Å²) in [5, 5.41) is 15.5.